The first-order valence-corrected chi connectivity index (χ1v) is 6.40. The van der Waals surface area contributed by atoms with Gasteiger partial charge in [0, 0.05) is 5.02 Å². The summed E-state index contributed by atoms with van der Waals surface area (Å²) in [6.45, 7) is -0.0115. The summed E-state index contributed by atoms with van der Waals surface area (Å²) in [6, 6.07) is 2.93. The summed E-state index contributed by atoms with van der Waals surface area (Å²) in [5.41, 5.74) is 0.360. The molecule has 1 atom stereocenters. The molecule has 0 spiro atoms. The molecule has 8 heteroatoms. The lowest BCUT2D eigenvalue weighted by molar-refractivity contribution is -0.158. The van der Waals surface area contributed by atoms with Crippen LogP contribution < -0.4 is 5.32 Å². The fraction of sp³-hybridized carbons (Fsp3) is 0.364. The number of hydrogen-bond acceptors (Lipinski definition) is 3. The van der Waals surface area contributed by atoms with Crippen LogP contribution in [0.5, 0.6) is 0 Å². The molecule has 0 radical (unpaired) electrons. The van der Waals surface area contributed by atoms with Gasteiger partial charge in [0.2, 0.25) is 0 Å². The summed E-state index contributed by atoms with van der Waals surface area (Å²) >= 11 is 17.6. The summed E-state index contributed by atoms with van der Waals surface area (Å²) in [7, 11) is 0. The van der Waals surface area contributed by atoms with E-state index in [4.69, 9.17) is 34.8 Å². The van der Waals surface area contributed by atoms with Gasteiger partial charge < -0.3 is 10.1 Å². The van der Waals surface area contributed by atoms with Gasteiger partial charge in [-0.15, -0.1) is 0 Å². The van der Waals surface area contributed by atoms with Gasteiger partial charge in [0.15, 0.2) is 0 Å². The quantitative estimate of drug-likeness (QED) is 0.851. The van der Waals surface area contributed by atoms with Gasteiger partial charge in [-0.1, -0.05) is 34.8 Å². The van der Waals surface area contributed by atoms with Crippen molar-refractivity contribution in [2.45, 2.75) is 18.4 Å². The van der Waals surface area contributed by atoms with Gasteiger partial charge in [0.05, 0.1) is 28.7 Å². The Morgan fingerprint density at radius 3 is 2.37 bits per heavy atom. The van der Waals surface area contributed by atoms with Crippen molar-refractivity contribution in [3.05, 3.63) is 27.2 Å². The first-order valence-electron chi connectivity index (χ1n) is 5.27. The van der Waals surface area contributed by atoms with Crippen molar-refractivity contribution in [1.29, 1.82) is 0 Å². The summed E-state index contributed by atoms with van der Waals surface area (Å²) in [4.78, 5) is 10.8. The molecule has 0 bridgehead atoms. The zero-order valence-electron chi connectivity index (χ0n) is 9.35. The minimum absolute atomic E-state index is 0.0115. The number of esters is 1. The third-order valence-electron chi connectivity index (χ3n) is 2.57. The molecule has 0 aliphatic carbocycles. The molecule has 1 fully saturated rings. The molecule has 1 unspecified atom stereocenters. The molecule has 1 N–H and O–H groups in total. The maximum Gasteiger partial charge on any atom is 0.377 e. The number of carbonyl (C=O) groups excluding carboxylic acids is 1. The highest BCUT2D eigenvalue weighted by molar-refractivity contribution is 6.41. The molecule has 0 aromatic heterocycles. The number of nitrogens with one attached hydrogen (secondary N) is 1. The molecule has 1 aliphatic rings. The molecule has 0 saturated carbocycles. The average molecular weight is 331 g/mol. The van der Waals surface area contributed by atoms with Crippen LogP contribution in [-0.4, -0.2) is 24.5 Å². The normalized spacial score (nSPS) is 21.3. The highest BCUT2D eigenvalue weighted by Gasteiger charge is 2.50. The molecule has 1 aromatic carbocycles. The Morgan fingerprint density at radius 1 is 1.32 bits per heavy atom. The van der Waals surface area contributed by atoms with E-state index >= 15 is 0 Å². The second kappa shape index (κ2) is 5.31. The van der Waals surface area contributed by atoms with E-state index in [1.54, 1.807) is 0 Å². The Hall–Kier alpha value is -0.780. The highest BCUT2D eigenvalue weighted by atomic mass is 35.5. The summed E-state index contributed by atoms with van der Waals surface area (Å²) in [6.07, 6.45) is -1.59. The predicted octanol–water partition coefficient (Wildman–Crippen LogP) is 4.01. The zero-order chi connectivity index (χ0) is 14.2. The van der Waals surface area contributed by atoms with Crippen molar-refractivity contribution in [3.8, 4) is 0 Å². The van der Waals surface area contributed by atoms with Crippen LogP contribution in [0.1, 0.15) is 6.42 Å². The van der Waals surface area contributed by atoms with E-state index in [0.717, 1.165) is 0 Å². The number of ether oxygens (including phenoxy) is 1. The number of rotatable bonds is 3. The van der Waals surface area contributed by atoms with Gasteiger partial charge in [-0.05, 0) is 12.1 Å². The van der Waals surface area contributed by atoms with Crippen molar-refractivity contribution in [2.75, 3.05) is 11.9 Å². The number of hydrogen-bond donors (Lipinski definition) is 1. The highest BCUT2D eigenvalue weighted by Crippen LogP contribution is 2.35. The molecule has 104 valence electrons. The largest absolute Gasteiger partial charge is 0.456 e. The number of carbonyl (C=O) groups is 1. The average Bonchev–Trinajstić information content (AvgIpc) is 2.51. The van der Waals surface area contributed by atoms with Gasteiger partial charge in [-0.3, -0.25) is 0 Å². The number of benzene rings is 1. The maximum atomic E-state index is 13.0. The van der Waals surface area contributed by atoms with Gasteiger partial charge in [-0.25, -0.2) is 4.79 Å². The molecular formula is C11H8Cl3F2NO2. The number of alkyl halides is 2. The summed E-state index contributed by atoms with van der Waals surface area (Å²) in [5.74, 6) is -4.94. The van der Waals surface area contributed by atoms with Crippen LogP contribution in [0.3, 0.4) is 0 Å². The minimum atomic E-state index is -3.43. The molecule has 1 aromatic rings. The Labute approximate surface area is 122 Å². The third kappa shape index (κ3) is 3.22. The number of cyclic esters (lactones) is 1. The van der Waals surface area contributed by atoms with Crippen LogP contribution in [-0.2, 0) is 9.53 Å². The smallest absolute Gasteiger partial charge is 0.377 e. The summed E-state index contributed by atoms with van der Waals surface area (Å²) < 4.78 is 30.4. The molecule has 1 aliphatic heterocycles. The topological polar surface area (TPSA) is 38.3 Å². The van der Waals surface area contributed by atoms with E-state index < -0.39 is 24.4 Å². The van der Waals surface area contributed by atoms with Crippen LogP contribution in [0.2, 0.25) is 15.1 Å². The maximum absolute atomic E-state index is 13.0. The Kier molecular flexibility index (Phi) is 4.08. The molecule has 2 rings (SSSR count). The minimum Gasteiger partial charge on any atom is -0.456 e. The molecule has 19 heavy (non-hydrogen) atoms. The summed E-state index contributed by atoms with van der Waals surface area (Å²) in [5, 5.41) is 3.65. The van der Waals surface area contributed by atoms with Crippen LogP contribution in [0.15, 0.2) is 12.1 Å². The molecule has 3 nitrogen and oxygen atoms in total. The molecular weight excluding hydrogens is 322 g/mol. The Bertz CT molecular complexity index is 502. The van der Waals surface area contributed by atoms with E-state index in [-0.39, 0.29) is 16.6 Å². The van der Waals surface area contributed by atoms with Gasteiger partial charge in [0.25, 0.3) is 0 Å². The standard InChI is InChI=1S/C11H8Cl3F2NO2/c12-5-1-7(13)9(8(14)2-5)17-4-6-3-11(15,16)10(18)19-6/h1-2,6,17H,3-4H2. The van der Waals surface area contributed by atoms with E-state index in [1.807, 2.05) is 0 Å². The van der Waals surface area contributed by atoms with E-state index in [2.05, 4.69) is 10.1 Å². The monoisotopic (exact) mass is 329 g/mol. The molecule has 1 saturated heterocycles. The lowest BCUT2D eigenvalue weighted by Crippen LogP contribution is -2.22. The van der Waals surface area contributed by atoms with Gasteiger partial charge in [-0.2, -0.15) is 8.78 Å². The fourth-order valence-corrected chi connectivity index (χ4v) is 2.64. The lowest BCUT2D eigenvalue weighted by Gasteiger charge is -2.14. The fourth-order valence-electron chi connectivity index (χ4n) is 1.69. The zero-order valence-corrected chi connectivity index (χ0v) is 11.6. The first-order chi connectivity index (χ1) is 8.79. The first kappa shape index (κ1) is 14.6. The Morgan fingerprint density at radius 2 is 1.89 bits per heavy atom. The predicted molar refractivity (Wildman–Crippen MR) is 69.4 cm³/mol. The second-order valence-electron chi connectivity index (χ2n) is 4.06. The van der Waals surface area contributed by atoms with Crippen LogP contribution in [0.4, 0.5) is 14.5 Å². The Balaban J connectivity index is 2.03. The van der Waals surface area contributed by atoms with Crippen molar-refractivity contribution in [2.24, 2.45) is 0 Å². The van der Waals surface area contributed by atoms with E-state index in [0.29, 0.717) is 10.7 Å². The van der Waals surface area contributed by atoms with E-state index in [1.165, 1.54) is 12.1 Å². The third-order valence-corrected chi connectivity index (χ3v) is 3.38. The van der Waals surface area contributed by atoms with Gasteiger partial charge >= 0.3 is 11.9 Å². The molecule has 0 amide bonds. The van der Waals surface area contributed by atoms with Crippen molar-refractivity contribution < 1.29 is 18.3 Å². The SMILES string of the molecule is O=C1OC(CNc2c(Cl)cc(Cl)cc2Cl)CC1(F)F. The lowest BCUT2D eigenvalue weighted by atomic mass is 10.2. The van der Waals surface area contributed by atoms with E-state index in [9.17, 15) is 13.6 Å². The number of anilines is 1. The second-order valence-corrected chi connectivity index (χ2v) is 5.31. The van der Waals surface area contributed by atoms with Gasteiger partial charge in [0.1, 0.15) is 6.10 Å². The van der Waals surface area contributed by atoms with Crippen LogP contribution in [0, 0.1) is 0 Å². The van der Waals surface area contributed by atoms with Crippen molar-refractivity contribution in [3.63, 3.8) is 0 Å². The van der Waals surface area contributed by atoms with Crippen molar-refractivity contribution >= 4 is 46.5 Å². The molecule has 1 heterocycles. The number of halogens is 5. The van der Waals surface area contributed by atoms with Crippen molar-refractivity contribution in [1.82, 2.24) is 0 Å². The van der Waals surface area contributed by atoms with Crippen LogP contribution in [0.25, 0.3) is 0 Å². The van der Waals surface area contributed by atoms with Crippen LogP contribution >= 0.6 is 34.8 Å².